The number of benzene rings is 4. The zero-order chi connectivity index (χ0) is 33.8. The second kappa shape index (κ2) is 17.0. The summed E-state index contributed by atoms with van der Waals surface area (Å²) in [6.07, 6.45) is 0.532. The van der Waals surface area contributed by atoms with Crippen LogP contribution in [0.3, 0.4) is 0 Å². The Morgan fingerprint density at radius 2 is 1.48 bits per heavy atom. The lowest BCUT2D eigenvalue weighted by atomic mass is 9.84. The third kappa shape index (κ3) is 9.98. The van der Waals surface area contributed by atoms with E-state index in [1.165, 1.54) is 7.11 Å². The second-order valence-electron chi connectivity index (χ2n) is 11.8. The topological polar surface area (TPSA) is 135 Å². The van der Waals surface area contributed by atoms with Crippen LogP contribution in [0.1, 0.15) is 34.6 Å². The molecule has 0 aliphatic carbocycles. The van der Waals surface area contributed by atoms with Crippen molar-refractivity contribution in [3.05, 3.63) is 138 Å². The summed E-state index contributed by atoms with van der Waals surface area (Å²) in [5.74, 6) is -0.923. The minimum atomic E-state index is -3.47. The van der Waals surface area contributed by atoms with Gasteiger partial charge in [0.25, 0.3) is 0 Å². The quantitative estimate of drug-likeness (QED) is 0.154. The van der Waals surface area contributed by atoms with Crippen molar-refractivity contribution in [1.82, 2.24) is 15.4 Å². The number of nitrogens with one attached hydrogen (secondary N) is 4. The van der Waals surface area contributed by atoms with Gasteiger partial charge in [-0.15, -0.1) is 0 Å². The van der Waals surface area contributed by atoms with Crippen LogP contribution in [0, 0.1) is 0 Å². The van der Waals surface area contributed by atoms with Gasteiger partial charge >= 0.3 is 6.09 Å². The number of aryl methyl sites for hydroxylation is 1. The number of ether oxygens (including phenoxy) is 2. The van der Waals surface area contributed by atoms with Crippen molar-refractivity contribution in [1.29, 1.82) is 0 Å². The van der Waals surface area contributed by atoms with Crippen LogP contribution >= 0.6 is 0 Å². The maximum absolute atomic E-state index is 14.0. The molecule has 1 heterocycles. The molecule has 3 unspecified atom stereocenters. The Kier molecular flexibility index (Phi) is 12.3. The molecule has 10 nitrogen and oxygen atoms in total. The fourth-order valence-corrected chi connectivity index (χ4v) is 7.02. The molecule has 1 aliphatic rings. The molecule has 11 heteroatoms. The predicted octanol–water partition coefficient (Wildman–Crippen LogP) is 4.59. The highest BCUT2D eigenvalue weighted by atomic mass is 32.2. The molecule has 1 fully saturated rings. The second-order valence-corrected chi connectivity index (χ2v) is 13.6. The van der Waals surface area contributed by atoms with Crippen LogP contribution in [0.4, 0.5) is 10.5 Å². The largest absolute Gasteiger partial charge is 0.453 e. The van der Waals surface area contributed by atoms with Crippen LogP contribution in [0.2, 0.25) is 0 Å². The molecule has 48 heavy (non-hydrogen) atoms. The molecule has 4 aromatic carbocycles. The van der Waals surface area contributed by atoms with Crippen LogP contribution in [-0.4, -0.2) is 65.4 Å². The molecule has 252 valence electrons. The molecule has 0 bridgehead atoms. The van der Waals surface area contributed by atoms with Crippen molar-refractivity contribution < 1.29 is 27.5 Å². The Labute approximate surface area is 282 Å². The zero-order valence-corrected chi connectivity index (χ0v) is 27.7. The van der Waals surface area contributed by atoms with E-state index in [9.17, 15) is 18.0 Å². The number of carbonyl (C=O) groups excluding carboxylic acids is 2. The van der Waals surface area contributed by atoms with Gasteiger partial charge in [-0.05, 0) is 41.2 Å². The van der Waals surface area contributed by atoms with Crippen molar-refractivity contribution in [2.75, 3.05) is 32.1 Å². The lowest BCUT2D eigenvalue weighted by Crippen LogP contribution is -2.51. The number of anilines is 1. The third-order valence-electron chi connectivity index (χ3n) is 8.32. The predicted molar refractivity (Wildman–Crippen MR) is 186 cm³/mol. The fraction of sp³-hybridized carbons (Fsp3) is 0.297. The van der Waals surface area contributed by atoms with E-state index >= 15 is 0 Å². The number of para-hydroxylation sites is 1. The maximum Gasteiger partial charge on any atom is 0.407 e. The molecule has 1 saturated heterocycles. The molecule has 4 aromatic rings. The average molecular weight is 671 g/mol. The average Bonchev–Trinajstić information content (AvgIpc) is 3.11. The van der Waals surface area contributed by atoms with Crippen LogP contribution in [0.25, 0.3) is 0 Å². The van der Waals surface area contributed by atoms with Gasteiger partial charge in [0.05, 0.1) is 25.6 Å². The summed E-state index contributed by atoms with van der Waals surface area (Å²) >= 11 is 0. The normalized spacial score (nSPS) is 17.0. The van der Waals surface area contributed by atoms with E-state index < -0.39 is 28.1 Å². The molecule has 0 radical (unpaired) electrons. The fourth-order valence-electron chi connectivity index (χ4n) is 5.83. The van der Waals surface area contributed by atoms with E-state index in [1.54, 1.807) is 12.1 Å². The molecule has 4 N–H and O–H groups in total. The Morgan fingerprint density at radius 1 is 0.875 bits per heavy atom. The van der Waals surface area contributed by atoms with Gasteiger partial charge in [-0.25, -0.2) is 17.9 Å². The number of hydrogen-bond acceptors (Lipinski definition) is 7. The van der Waals surface area contributed by atoms with Crippen LogP contribution in [-0.2, 0) is 36.5 Å². The summed E-state index contributed by atoms with van der Waals surface area (Å²) in [6.45, 7) is 1.18. The van der Waals surface area contributed by atoms with Crippen LogP contribution in [0.5, 0.6) is 0 Å². The van der Waals surface area contributed by atoms with Gasteiger partial charge in [-0.2, -0.15) is 0 Å². The molecule has 0 saturated carbocycles. The SMILES string of the molecule is COC(=O)NC(C(=O)Nc1ccccc1CCC1CNC(CNS(=O)(=O)Cc2ccccc2)CO1)C(c1ccccc1)c1ccccc1. The van der Waals surface area contributed by atoms with Gasteiger partial charge in [-0.3, -0.25) is 4.79 Å². The van der Waals surface area contributed by atoms with E-state index in [1.807, 2.05) is 103 Å². The molecular formula is C37H42N4O6S. The van der Waals surface area contributed by atoms with Gasteiger partial charge in [0.2, 0.25) is 15.9 Å². The number of sulfonamides is 1. The lowest BCUT2D eigenvalue weighted by Gasteiger charge is -2.31. The molecule has 5 rings (SSSR count). The molecular weight excluding hydrogens is 628 g/mol. The first-order valence-corrected chi connectivity index (χ1v) is 17.7. The Bertz CT molecular complexity index is 1680. The number of morpholine rings is 1. The van der Waals surface area contributed by atoms with E-state index in [0.717, 1.165) is 22.3 Å². The highest BCUT2D eigenvalue weighted by Gasteiger charge is 2.33. The van der Waals surface area contributed by atoms with Crippen molar-refractivity contribution in [3.63, 3.8) is 0 Å². The number of amides is 2. The van der Waals surface area contributed by atoms with Crippen LogP contribution in [0.15, 0.2) is 115 Å². The highest BCUT2D eigenvalue weighted by molar-refractivity contribution is 7.88. The minimum Gasteiger partial charge on any atom is -0.453 e. The first-order valence-electron chi connectivity index (χ1n) is 16.0. The Hall–Kier alpha value is -4.55. The Balaban J connectivity index is 1.20. The zero-order valence-electron chi connectivity index (χ0n) is 26.9. The number of carbonyl (C=O) groups is 2. The van der Waals surface area contributed by atoms with Crippen molar-refractivity contribution >= 4 is 27.7 Å². The standard InChI is InChI=1S/C37H42N4O6S/c1-46-37(43)41-35(34(29-16-7-3-8-17-29)30-18-9-4-10-19-30)36(42)40-33-20-12-11-15-28(33)21-22-32-24-38-31(25-47-32)23-39-48(44,45)26-27-13-5-2-6-14-27/h2-20,31-32,34-35,38-39H,21-26H2,1H3,(H,40,42)(H,41,43). The van der Waals surface area contributed by atoms with E-state index in [4.69, 9.17) is 9.47 Å². The first-order chi connectivity index (χ1) is 23.3. The van der Waals surface area contributed by atoms with Gasteiger partial charge in [-0.1, -0.05) is 109 Å². The van der Waals surface area contributed by atoms with Crippen molar-refractivity contribution in [2.24, 2.45) is 0 Å². The van der Waals surface area contributed by atoms with E-state index in [2.05, 4.69) is 20.7 Å². The molecule has 1 aliphatic heterocycles. The number of hydrogen-bond donors (Lipinski definition) is 4. The smallest absolute Gasteiger partial charge is 0.407 e. The summed E-state index contributed by atoms with van der Waals surface area (Å²) in [5, 5.41) is 9.25. The molecule has 0 aromatic heterocycles. The molecule has 0 spiro atoms. The van der Waals surface area contributed by atoms with Gasteiger partial charge in [0, 0.05) is 30.7 Å². The van der Waals surface area contributed by atoms with Gasteiger partial charge < -0.3 is 25.4 Å². The Morgan fingerprint density at radius 3 is 2.08 bits per heavy atom. The monoisotopic (exact) mass is 670 g/mol. The summed E-state index contributed by atoms with van der Waals surface area (Å²) < 4.78 is 38.8. The van der Waals surface area contributed by atoms with Gasteiger partial charge in [0.1, 0.15) is 6.04 Å². The lowest BCUT2D eigenvalue weighted by molar-refractivity contribution is -0.118. The van der Waals surface area contributed by atoms with Crippen LogP contribution < -0.4 is 20.7 Å². The summed E-state index contributed by atoms with van der Waals surface area (Å²) in [7, 11) is -2.20. The number of methoxy groups -OCH3 is 1. The number of rotatable bonds is 14. The number of alkyl carbamates (subject to hydrolysis) is 1. The molecule has 3 atom stereocenters. The van der Waals surface area contributed by atoms with Gasteiger partial charge in [0.15, 0.2) is 0 Å². The van der Waals surface area contributed by atoms with Crippen molar-refractivity contribution in [2.45, 2.75) is 42.7 Å². The summed E-state index contributed by atoms with van der Waals surface area (Å²) in [6, 6.07) is 34.7. The van der Waals surface area contributed by atoms with E-state index in [0.29, 0.717) is 31.7 Å². The summed E-state index contributed by atoms with van der Waals surface area (Å²) in [5.41, 5.74) is 4.05. The van der Waals surface area contributed by atoms with Crippen molar-refractivity contribution in [3.8, 4) is 0 Å². The maximum atomic E-state index is 14.0. The highest BCUT2D eigenvalue weighted by Crippen LogP contribution is 2.30. The third-order valence-corrected chi connectivity index (χ3v) is 9.64. The first kappa shape index (κ1) is 34.8. The minimum absolute atomic E-state index is 0.0708. The van der Waals surface area contributed by atoms with E-state index in [-0.39, 0.29) is 30.4 Å². The molecule has 2 amide bonds. The summed E-state index contributed by atoms with van der Waals surface area (Å²) in [4.78, 5) is 26.5.